The fourth-order valence-electron chi connectivity index (χ4n) is 3.54. The van der Waals surface area contributed by atoms with Crippen LogP contribution in [0.25, 0.3) is 0 Å². The summed E-state index contributed by atoms with van der Waals surface area (Å²) in [4.78, 5) is 25.3. The second-order valence-electron chi connectivity index (χ2n) is 7.54. The van der Waals surface area contributed by atoms with E-state index >= 15 is 0 Å². The molecule has 1 aliphatic rings. The Bertz CT molecular complexity index is 1100. The SMILES string of the molecule is Cn1cnnc1SCC(=O)Nc1cccc(C(=O)NC2(c3ccc(Cl)cc3)CCC2)c1. The molecule has 1 aromatic heterocycles. The van der Waals surface area contributed by atoms with Crippen LogP contribution in [-0.2, 0) is 17.4 Å². The predicted molar refractivity (Wildman–Crippen MR) is 121 cm³/mol. The van der Waals surface area contributed by atoms with E-state index in [1.54, 1.807) is 35.2 Å². The zero-order valence-electron chi connectivity index (χ0n) is 17.0. The predicted octanol–water partition coefficient (Wildman–Crippen LogP) is 4.01. The molecule has 2 aromatic carbocycles. The van der Waals surface area contributed by atoms with E-state index in [1.165, 1.54) is 11.8 Å². The molecule has 4 rings (SSSR count). The van der Waals surface area contributed by atoms with Crippen LogP contribution in [0.5, 0.6) is 0 Å². The van der Waals surface area contributed by atoms with Gasteiger partial charge in [-0.2, -0.15) is 0 Å². The summed E-state index contributed by atoms with van der Waals surface area (Å²) in [7, 11) is 1.82. The van der Waals surface area contributed by atoms with Gasteiger partial charge in [-0.3, -0.25) is 9.59 Å². The van der Waals surface area contributed by atoms with E-state index < -0.39 is 0 Å². The number of carbonyl (C=O) groups excluding carboxylic acids is 2. The summed E-state index contributed by atoms with van der Waals surface area (Å²) in [6.45, 7) is 0. The van der Waals surface area contributed by atoms with Gasteiger partial charge in [-0.25, -0.2) is 0 Å². The van der Waals surface area contributed by atoms with Gasteiger partial charge in [0.05, 0.1) is 11.3 Å². The number of aryl methyl sites for hydroxylation is 1. The van der Waals surface area contributed by atoms with Gasteiger partial charge in [-0.15, -0.1) is 10.2 Å². The first-order valence-corrected chi connectivity index (χ1v) is 11.3. The lowest BCUT2D eigenvalue weighted by atomic mass is 9.71. The maximum atomic E-state index is 13.0. The summed E-state index contributed by atoms with van der Waals surface area (Å²) in [6.07, 6.45) is 4.41. The van der Waals surface area contributed by atoms with E-state index in [0.717, 1.165) is 24.8 Å². The van der Waals surface area contributed by atoms with Crippen LogP contribution in [0.2, 0.25) is 5.02 Å². The quantitative estimate of drug-likeness (QED) is 0.525. The standard InChI is InChI=1S/C22H22ClN5O2S/c1-28-14-24-27-21(28)31-13-19(29)25-18-5-2-4-15(12-18)20(30)26-22(10-3-11-22)16-6-8-17(23)9-7-16/h2,4-9,12,14H,3,10-11,13H2,1H3,(H,25,29)(H,26,30). The molecular formula is C22H22ClN5O2S. The fourth-order valence-corrected chi connectivity index (χ4v) is 4.36. The maximum absolute atomic E-state index is 13.0. The molecule has 7 nitrogen and oxygen atoms in total. The molecule has 0 aliphatic heterocycles. The summed E-state index contributed by atoms with van der Waals surface area (Å²) in [5.74, 6) is -0.149. The third kappa shape index (κ3) is 4.91. The number of hydrogen-bond donors (Lipinski definition) is 2. The number of nitrogens with zero attached hydrogens (tertiary/aromatic N) is 3. The van der Waals surface area contributed by atoms with Gasteiger partial charge in [0, 0.05) is 23.3 Å². The molecular weight excluding hydrogens is 434 g/mol. The van der Waals surface area contributed by atoms with E-state index in [9.17, 15) is 9.59 Å². The Labute approximate surface area is 189 Å². The van der Waals surface area contributed by atoms with Gasteiger partial charge in [0.15, 0.2) is 5.16 Å². The van der Waals surface area contributed by atoms with Crippen molar-refractivity contribution in [3.05, 3.63) is 71.0 Å². The van der Waals surface area contributed by atoms with Crippen LogP contribution in [0, 0.1) is 0 Å². The van der Waals surface area contributed by atoms with Crippen LogP contribution >= 0.6 is 23.4 Å². The molecule has 2 N–H and O–H groups in total. The molecule has 9 heteroatoms. The number of hydrogen-bond acceptors (Lipinski definition) is 5. The van der Waals surface area contributed by atoms with Crippen molar-refractivity contribution in [2.24, 2.45) is 7.05 Å². The number of anilines is 1. The highest BCUT2D eigenvalue weighted by Gasteiger charge is 2.40. The van der Waals surface area contributed by atoms with Crippen molar-refractivity contribution in [1.29, 1.82) is 0 Å². The van der Waals surface area contributed by atoms with Gasteiger partial charge in [0.25, 0.3) is 5.91 Å². The number of halogens is 1. The molecule has 1 heterocycles. The molecule has 1 saturated carbocycles. The molecule has 160 valence electrons. The topological polar surface area (TPSA) is 88.9 Å². The monoisotopic (exact) mass is 455 g/mol. The Balaban J connectivity index is 1.40. The Morgan fingerprint density at radius 2 is 1.97 bits per heavy atom. The molecule has 0 unspecified atom stereocenters. The van der Waals surface area contributed by atoms with Gasteiger partial charge in [0.1, 0.15) is 6.33 Å². The Kier molecular flexibility index (Phi) is 6.29. The number of rotatable bonds is 7. The largest absolute Gasteiger partial charge is 0.343 e. The maximum Gasteiger partial charge on any atom is 0.252 e. The normalized spacial score (nSPS) is 14.5. The summed E-state index contributed by atoms with van der Waals surface area (Å²) < 4.78 is 1.75. The van der Waals surface area contributed by atoms with Gasteiger partial charge in [-0.1, -0.05) is 41.6 Å². The molecule has 0 saturated heterocycles. The highest BCUT2D eigenvalue weighted by atomic mass is 35.5. The first-order chi connectivity index (χ1) is 14.9. The zero-order chi connectivity index (χ0) is 21.8. The second-order valence-corrected chi connectivity index (χ2v) is 8.92. The number of nitrogens with one attached hydrogen (secondary N) is 2. The fraction of sp³-hybridized carbons (Fsp3) is 0.273. The van der Waals surface area contributed by atoms with Crippen LogP contribution in [0.1, 0.15) is 35.2 Å². The van der Waals surface area contributed by atoms with Crippen molar-refractivity contribution in [3.8, 4) is 0 Å². The lowest BCUT2D eigenvalue weighted by Crippen LogP contribution is -2.50. The molecule has 2 amide bonds. The van der Waals surface area contributed by atoms with Crippen molar-refractivity contribution in [2.75, 3.05) is 11.1 Å². The number of benzene rings is 2. The van der Waals surface area contributed by atoms with E-state index in [-0.39, 0.29) is 23.1 Å². The average molecular weight is 456 g/mol. The average Bonchev–Trinajstić information content (AvgIpc) is 3.15. The highest BCUT2D eigenvalue weighted by molar-refractivity contribution is 7.99. The molecule has 0 bridgehead atoms. The lowest BCUT2D eigenvalue weighted by molar-refractivity contribution is -0.113. The number of amides is 2. The van der Waals surface area contributed by atoms with E-state index in [2.05, 4.69) is 20.8 Å². The minimum absolute atomic E-state index is 0.167. The van der Waals surface area contributed by atoms with Crippen molar-refractivity contribution < 1.29 is 9.59 Å². The molecule has 1 fully saturated rings. The van der Waals surface area contributed by atoms with Crippen LogP contribution in [-0.4, -0.2) is 32.3 Å². The van der Waals surface area contributed by atoms with Crippen LogP contribution in [0.15, 0.2) is 60.0 Å². The van der Waals surface area contributed by atoms with Crippen molar-refractivity contribution in [2.45, 2.75) is 30.0 Å². The molecule has 3 aromatic rings. The van der Waals surface area contributed by atoms with Crippen molar-refractivity contribution >= 4 is 40.9 Å². The van der Waals surface area contributed by atoms with Gasteiger partial charge in [-0.05, 0) is 55.2 Å². The molecule has 0 atom stereocenters. The Morgan fingerprint density at radius 3 is 2.61 bits per heavy atom. The summed E-state index contributed by atoms with van der Waals surface area (Å²) >= 11 is 7.31. The van der Waals surface area contributed by atoms with Crippen LogP contribution in [0.4, 0.5) is 5.69 Å². The third-order valence-electron chi connectivity index (χ3n) is 5.37. The summed E-state index contributed by atoms with van der Waals surface area (Å²) in [5.41, 5.74) is 1.76. The van der Waals surface area contributed by atoms with Gasteiger partial charge >= 0.3 is 0 Å². The van der Waals surface area contributed by atoms with E-state index in [4.69, 9.17) is 11.6 Å². The minimum atomic E-state index is -0.367. The van der Waals surface area contributed by atoms with E-state index in [1.807, 2.05) is 31.3 Å². The van der Waals surface area contributed by atoms with Crippen LogP contribution < -0.4 is 10.6 Å². The molecule has 31 heavy (non-hydrogen) atoms. The minimum Gasteiger partial charge on any atom is -0.343 e. The van der Waals surface area contributed by atoms with Crippen molar-refractivity contribution in [3.63, 3.8) is 0 Å². The smallest absolute Gasteiger partial charge is 0.252 e. The summed E-state index contributed by atoms with van der Waals surface area (Å²) in [6, 6.07) is 14.6. The number of thioether (sulfide) groups is 1. The molecule has 1 aliphatic carbocycles. The lowest BCUT2D eigenvalue weighted by Gasteiger charge is -2.43. The summed E-state index contributed by atoms with van der Waals surface area (Å²) in [5, 5.41) is 15.1. The Hall–Kier alpha value is -2.84. The second kappa shape index (κ2) is 9.11. The van der Waals surface area contributed by atoms with Crippen LogP contribution in [0.3, 0.4) is 0 Å². The molecule has 0 spiro atoms. The van der Waals surface area contributed by atoms with Gasteiger partial charge < -0.3 is 15.2 Å². The first kappa shape index (κ1) is 21.4. The third-order valence-corrected chi connectivity index (χ3v) is 6.65. The molecule has 0 radical (unpaired) electrons. The van der Waals surface area contributed by atoms with E-state index in [0.29, 0.717) is 21.4 Å². The number of carbonyl (C=O) groups is 2. The Morgan fingerprint density at radius 1 is 1.19 bits per heavy atom. The highest BCUT2D eigenvalue weighted by Crippen LogP contribution is 2.41. The first-order valence-electron chi connectivity index (χ1n) is 9.90. The zero-order valence-corrected chi connectivity index (χ0v) is 18.5. The van der Waals surface area contributed by atoms with Gasteiger partial charge in [0.2, 0.25) is 5.91 Å². The van der Waals surface area contributed by atoms with Crippen molar-refractivity contribution in [1.82, 2.24) is 20.1 Å². The number of aromatic nitrogens is 3.